The Morgan fingerprint density at radius 3 is 2.71 bits per heavy atom. The number of hydrogen-bond donors (Lipinski definition) is 1. The van der Waals surface area contributed by atoms with Crippen LogP contribution in [0.1, 0.15) is 30.1 Å². The number of nitrogens with zero attached hydrogens (tertiary/aromatic N) is 3. The number of likely N-dealkylation sites (tertiary alicyclic amines) is 1. The first-order chi connectivity index (χ1) is 10.0. The molecular weight excluding hydrogens is 272 g/mol. The van der Waals surface area contributed by atoms with Crippen LogP contribution in [0.2, 0.25) is 0 Å². The molecule has 2 rings (SSSR count). The van der Waals surface area contributed by atoms with E-state index < -0.39 is 0 Å². The van der Waals surface area contributed by atoms with Crippen molar-refractivity contribution < 1.29 is 14.3 Å². The molecule has 1 aromatic rings. The molecule has 0 saturated carbocycles. The monoisotopic (exact) mass is 294 g/mol. The van der Waals surface area contributed by atoms with Gasteiger partial charge >= 0.3 is 0 Å². The van der Waals surface area contributed by atoms with Crippen LogP contribution in [-0.4, -0.2) is 53.2 Å². The third kappa shape index (κ3) is 3.74. The molecule has 0 bridgehead atoms. The summed E-state index contributed by atoms with van der Waals surface area (Å²) in [5.74, 6) is 0.536. The number of ether oxygens (including phenoxy) is 1. The van der Waals surface area contributed by atoms with Crippen molar-refractivity contribution in [2.45, 2.75) is 19.8 Å². The number of piperidine rings is 1. The Kier molecular flexibility index (Phi) is 4.82. The fourth-order valence-electron chi connectivity index (χ4n) is 2.40. The van der Waals surface area contributed by atoms with Gasteiger partial charge in [-0.2, -0.15) is 0 Å². The van der Waals surface area contributed by atoms with E-state index in [1.54, 1.807) is 18.1 Å². The number of aromatic nitrogens is 2. The van der Waals surface area contributed by atoms with Crippen LogP contribution in [0.4, 0.5) is 0 Å². The number of nitrogens with one attached hydrogen (secondary N) is 1. The lowest BCUT2D eigenvalue weighted by Crippen LogP contribution is -2.43. The Morgan fingerprint density at radius 1 is 1.43 bits per heavy atom. The molecule has 0 radical (unpaired) electrons. The average molecular weight is 294 g/mol. The summed E-state index contributed by atoms with van der Waals surface area (Å²) in [6, 6.07) is 0. The second kappa shape index (κ2) is 6.60. The van der Waals surface area contributed by atoms with E-state index in [-0.39, 0.29) is 24.2 Å². The Bertz CT molecular complexity index is 518. The minimum Gasteiger partial charge on any atom is -0.479 e. The van der Waals surface area contributed by atoms with Gasteiger partial charge in [-0.1, -0.05) is 6.92 Å². The van der Waals surface area contributed by atoms with E-state index in [4.69, 9.17) is 4.74 Å². The predicted octanol–water partition coefficient (Wildman–Crippen LogP) is 0.417. The van der Waals surface area contributed by atoms with Crippen molar-refractivity contribution in [3.63, 3.8) is 0 Å². The normalized spacial score (nSPS) is 15.9. The van der Waals surface area contributed by atoms with E-state index in [2.05, 4.69) is 17.3 Å². The summed E-state index contributed by atoms with van der Waals surface area (Å²) >= 11 is 0. The Hall–Kier alpha value is -2.05. The zero-order chi connectivity index (χ0) is 15.4. The van der Waals surface area contributed by atoms with Crippen molar-refractivity contribution in [3.05, 3.63) is 11.8 Å². The SMILES string of the molecule is COc1nn(C)cc1C(=O)NCC(=O)N1CCC(C)CC1. The van der Waals surface area contributed by atoms with E-state index in [0.29, 0.717) is 11.5 Å². The molecule has 116 valence electrons. The zero-order valence-corrected chi connectivity index (χ0v) is 12.8. The van der Waals surface area contributed by atoms with Crippen molar-refractivity contribution >= 4 is 11.8 Å². The summed E-state index contributed by atoms with van der Waals surface area (Å²) in [5.41, 5.74) is 0.333. The fourth-order valence-corrected chi connectivity index (χ4v) is 2.40. The molecule has 0 atom stereocenters. The lowest BCUT2D eigenvalue weighted by molar-refractivity contribution is -0.131. The first-order valence-corrected chi connectivity index (χ1v) is 7.15. The van der Waals surface area contributed by atoms with Gasteiger partial charge in [0.1, 0.15) is 5.56 Å². The molecule has 0 aromatic carbocycles. The first kappa shape index (κ1) is 15.3. The van der Waals surface area contributed by atoms with Crippen molar-refractivity contribution in [1.29, 1.82) is 0 Å². The van der Waals surface area contributed by atoms with Gasteiger partial charge in [0.2, 0.25) is 11.8 Å². The molecule has 2 heterocycles. The van der Waals surface area contributed by atoms with Gasteiger partial charge in [0.05, 0.1) is 13.7 Å². The third-order valence-corrected chi connectivity index (χ3v) is 3.77. The van der Waals surface area contributed by atoms with Gasteiger partial charge in [-0.25, -0.2) is 0 Å². The largest absolute Gasteiger partial charge is 0.479 e. The number of methoxy groups -OCH3 is 1. The molecule has 1 saturated heterocycles. The van der Waals surface area contributed by atoms with Crippen LogP contribution in [0, 0.1) is 5.92 Å². The van der Waals surface area contributed by atoms with E-state index in [1.165, 1.54) is 11.8 Å². The number of carbonyl (C=O) groups is 2. The predicted molar refractivity (Wildman–Crippen MR) is 77.1 cm³/mol. The highest BCUT2D eigenvalue weighted by Gasteiger charge is 2.22. The van der Waals surface area contributed by atoms with Crippen LogP contribution >= 0.6 is 0 Å². The lowest BCUT2D eigenvalue weighted by atomic mass is 9.99. The summed E-state index contributed by atoms with van der Waals surface area (Å²) in [7, 11) is 3.17. The van der Waals surface area contributed by atoms with Gasteiger partial charge in [0.25, 0.3) is 5.91 Å². The number of carbonyl (C=O) groups excluding carboxylic acids is 2. The number of hydrogen-bond acceptors (Lipinski definition) is 4. The third-order valence-electron chi connectivity index (χ3n) is 3.77. The molecule has 1 N–H and O–H groups in total. The van der Waals surface area contributed by atoms with E-state index in [0.717, 1.165) is 25.9 Å². The molecule has 1 fully saturated rings. The summed E-state index contributed by atoms with van der Waals surface area (Å²) < 4.78 is 6.54. The van der Waals surface area contributed by atoms with Crippen LogP contribution in [-0.2, 0) is 11.8 Å². The Morgan fingerprint density at radius 2 is 2.10 bits per heavy atom. The number of aryl methyl sites for hydroxylation is 1. The molecule has 21 heavy (non-hydrogen) atoms. The number of rotatable bonds is 4. The molecule has 0 spiro atoms. The van der Waals surface area contributed by atoms with Crippen molar-refractivity contribution in [3.8, 4) is 5.88 Å². The van der Waals surface area contributed by atoms with Gasteiger partial charge in [-0.05, 0) is 18.8 Å². The zero-order valence-electron chi connectivity index (χ0n) is 12.8. The Balaban J connectivity index is 1.87. The van der Waals surface area contributed by atoms with Crippen molar-refractivity contribution in [2.24, 2.45) is 13.0 Å². The second-order valence-corrected chi connectivity index (χ2v) is 5.47. The van der Waals surface area contributed by atoms with E-state index in [9.17, 15) is 9.59 Å². The minimum absolute atomic E-state index is 0.00522. The average Bonchev–Trinajstić information content (AvgIpc) is 2.86. The van der Waals surface area contributed by atoms with Crippen molar-refractivity contribution in [1.82, 2.24) is 20.0 Å². The standard InChI is InChI=1S/C14H22N4O3/c1-10-4-6-18(7-5-10)12(19)8-15-13(20)11-9-17(2)16-14(11)21-3/h9-10H,4-8H2,1-3H3,(H,15,20). The van der Waals surface area contributed by atoms with Crippen LogP contribution in [0.25, 0.3) is 0 Å². The highest BCUT2D eigenvalue weighted by atomic mass is 16.5. The molecule has 0 aliphatic carbocycles. The highest BCUT2D eigenvalue weighted by molar-refractivity contribution is 5.98. The summed E-state index contributed by atoms with van der Waals surface area (Å²) in [5, 5.41) is 6.65. The maximum atomic E-state index is 12.1. The smallest absolute Gasteiger partial charge is 0.258 e. The summed E-state index contributed by atoms with van der Waals surface area (Å²) in [6.07, 6.45) is 3.62. The molecule has 0 unspecified atom stereocenters. The first-order valence-electron chi connectivity index (χ1n) is 7.15. The quantitative estimate of drug-likeness (QED) is 0.873. The topological polar surface area (TPSA) is 76.5 Å². The second-order valence-electron chi connectivity index (χ2n) is 5.47. The van der Waals surface area contributed by atoms with Gasteiger partial charge in [0.15, 0.2) is 0 Å². The Labute approximate surface area is 124 Å². The molecule has 1 aliphatic rings. The van der Waals surface area contributed by atoms with E-state index >= 15 is 0 Å². The molecule has 7 nitrogen and oxygen atoms in total. The van der Waals surface area contributed by atoms with Crippen LogP contribution in [0.3, 0.4) is 0 Å². The van der Waals surface area contributed by atoms with Crippen LogP contribution < -0.4 is 10.1 Å². The van der Waals surface area contributed by atoms with Gasteiger partial charge in [-0.3, -0.25) is 14.3 Å². The van der Waals surface area contributed by atoms with Crippen molar-refractivity contribution in [2.75, 3.05) is 26.7 Å². The summed E-state index contributed by atoms with van der Waals surface area (Å²) in [6.45, 7) is 3.74. The van der Waals surface area contributed by atoms with Crippen LogP contribution in [0.15, 0.2) is 6.20 Å². The molecule has 7 heteroatoms. The van der Waals surface area contributed by atoms with E-state index in [1.807, 2.05) is 0 Å². The van der Waals surface area contributed by atoms with Gasteiger partial charge < -0.3 is 15.0 Å². The lowest BCUT2D eigenvalue weighted by Gasteiger charge is -2.30. The fraction of sp³-hybridized carbons (Fsp3) is 0.643. The van der Waals surface area contributed by atoms with Crippen LogP contribution in [0.5, 0.6) is 5.88 Å². The molecule has 1 aromatic heterocycles. The molecular formula is C14H22N4O3. The molecule has 1 aliphatic heterocycles. The van der Waals surface area contributed by atoms with Gasteiger partial charge in [0, 0.05) is 26.3 Å². The maximum Gasteiger partial charge on any atom is 0.258 e. The van der Waals surface area contributed by atoms with Gasteiger partial charge in [-0.15, -0.1) is 5.10 Å². The summed E-state index contributed by atoms with van der Waals surface area (Å²) in [4.78, 5) is 25.9. The minimum atomic E-state index is -0.348. The molecule has 2 amide bonds. The maximum absolute atomic E-state index is 12.1. The number of amides is 2. The highest BCUT2D eigenvalue weighted by Crippen LogP contribution is 2.16.